The molecular weight excluding hydrogens is 248 g/mol. The largest absolute Gasteiger partial charge is 0.363 e. The molecule has 0 bridgehead atoms. The third-order valence-electron chi connectivity index (χ3n) is 3.40. The van der Waals surface area contributed by atoms with Gasteiger partial charge in [-0.25, -0.2) is 0 Å². The Labute approximate surface area is 102 Å². The zero-order valence-corrected chi connectivity index (χ0v) is 9.60. The SMILES string of the molecule is Fc1nc(F)c(F)c(N(CC2CC2)C2CC2)c1F. The van der Waals surface area contributed by atoms with Gasteiger partial charge in [0.1, 0.15) is 5.69 Å². The van der Waals surface area contributed by atoms with Gasteiger partial charge in [0.15, 0.2) is 0 Å². The molecule has 0 saturated heterocycles. The van der Waals surface area contributed by atoms with E-state index in [-0.39, 0.29) is 6.04 Å². The minimum absolute atomic E-state index is 0.00389. The van der Waals surface area contributed by atoms with Crippen molar-refractivity contribution >= 4 is 5.69 Å². The highest BCUT2D eigenvalue weighted by Gasteiger charge is 2.38. The summed E-state index contributed by atoms with van der Waals surface area (Å²) in [5.74, 6) is -5.55. The van der Waals surface area contributed by atoms with E-state index < -0.39 is 29.2 Å². The maximum absolute atomic E-state index is 13.7. The second kappa shape index (κ2) is 4.10. The first-order valence-electron chi connectivity index (χ1n) is 6.04. The van der Waals surface area contributed by atoms with Crippen LogP contribution in [0.2, 0.25) is 0 Å². The summed E-state index contributed by atoms with van der Waals surface area (Å²) in [4.78, 5) is 4.05. The number of rotatable bonds is 4. The number of pyridine rings is 1. The molecule has 1 aromatic heterocycles. The van der Waals surface area contributed by atoms with Crippen molar-refractivity contribution in [2.45, 2.75) is 31.7 Å². The molecule has 0 amide bonds. The number of nitrogens with zero attached hydrogens (tertiary/aromatic N) is 2. The van der Waals surface area contributed by atoms with Crippen LogP contribution in [0.25, 0.3) is 0 Å². The smallest absolute Gasteiger partial charge is 0.253 e. The molecule has 2 aliphatic carbocycles. The summed E-state index contributed by atoms with van der Waals surface area (Å²) in [6.45, 7) is 0.460. The molecular formula is C12H12F4N2. The van der Waals surface area contributed by atoms with Crippen molar-refractivity contribution in [3.05, 3.63) is 23.5 Å². The fourth-order valence-electron chi connectivity index (χ4n) is 2.12. The van der Waals surface area contributed by atoms with Crippen LogP contribution in [0, 0.1) is 29.4 Å². The second-order valence-electron chi connectivity index (χ2n) is 5.00. The van der Waals surface area contributed by atoms with E-state index in [2.05, 4.69) is 4.98 Å². The summed E-state index contributed by atoms with van der Waals surface area (Å²) in [5.41, 5.74) is -0.589. The molecule has 0 spiro atoms. The van der Waals surface area contributed by atoms with E-state index in [0.29, 0.717) is 12.5 Å². The molecule has 0 N–H and O–H groups in total. The number of halogens is 4. The van der Waals surface area contributed by atoms with Gasteiger partial charge in [0.25, 0.3) is 11.9 Å². The second-order valence-corrected chi connectivity index (χ2v) is 5.00. The summed E-state index contributed by atoms with van der Waals surface area (Å²) < 4.78 is 53.5. The van der Waals surface area contributed by atoms with Gasteiger partial charge in [-0.2, -0.15) is 22.5 Å². The van der Waals surface area contributed by atoms with E-state index in [4.69, 9.17) is 0 Å². The van der Waals surface area contributed by atoms with Crippen LogP contribution in [-0.2, 0) is 0 Å². The molecule has 98 valence electrons. The van der Waals surface area contributed by atoms with Gasteiger partial charge in [0.2, 0.25) is 11.6 Å². The standard InChI is InChI=1S/C12H12F4N2/c13-8-10(9(14)12(16)17-11(8)15)18(7-3-4-7)5-6-1-2-6/h6-7H,1-5H2. The van der Waals surface area contributed by atoms with Crippen LogP contribution in [0.5, 0.6) is 0 Å². The summed E-state index contributed by atoms with van der Waals surface area (Å²) in [6.07, 6.45) is 3.61. The predicted octanol–water partition coefficient (Wildman–Crippen LogP) is 3.02. The van der Waals surface area contributed by atoms with Crippen molar-refractivity contribution < 1.29 is 17.6 Å². The van der Waals surface area contributed by atoms with E-state index in [9.17, 15) is 17.6 Å². The molecule has 0 aliphatic heterocycles. The lowest BCUT2D eigenvalue weighted by Crippen LogP contribution is -2.31. The van der Waals surface area contributed by atoms with Gasteiger partial charge in [0, 0.05) is 12.6 Å². The molecule has 0 radical (unpaired) electrons. The van der Waals surface area contributed by atoms with Gasteiger partial charge in [-0.3, -0.25) is 0 Å². The molecule has 1 aromatic rings. The summed E-state index contributed by atoms with van der Waals surface area (Å²) in [6, 6.07) is -0.00389. The van der Waals surface area contributed by atoms with E-state index in [1.54, 1.807) is 0 Å². The number of hydrogen-bond donors (Lipinski definition) is 0. The summed E-state index contributed by atoms with van der Waals surface area (Å²) in [5, 5.41) is 0. The molecule has 6 heteroatoms. The molecule has 2 nitrogen and oxygen atoms in total. The third-order valence-corrected chi connectivity index (χ3v) is 3.40. The summed E-state index contributed by atoms with van der Waals surface area (Å²) in [7, 11) is 0. The van der Waals surface area contributed by atoms with Gasteiger partial charge in [-0.1, -0.05) is 0 Å². The zero-order valence-electron chi connectivity index (χ0n) is 9.60. The van der Waals surface area contributed by atoms with Gasteiger partial charge in [0.05, 0.1) is 0 Å². The Morgan fingerprint density at radius 3 is 1.94 bits per heavy atom. The molecule has 2 saturated carbocycles. The Kier molecular flexibility index (Phi) is 2.68. The van der Waals surface area contributed by atoms with E-state index in [1.807, 2.05) is 0 Å². The summed E-state index contributed by atoms with van der Waals surface area (Å²) >= 11 is 0. The molecule has 2 fully saturated rings. The first kappa shape index (κ1) is 11.7. The Balaban J connectivity index is 2.01. The lowest BCUT2D eigenvalue weighted by atomic mass is 10.2. The number of anilines is 1. The molecule has 0 unspecified atom stereocenters. The van der Waals surface area contributed by atoms with Gasteiger partial charge in [-0.05, 0) is 31.6 Å². The monoisotopic (exact) mass is 260 g/mol. The van der Waals surface area contributed by atoms with E-state index in [0.717, 1.165) is 25.7 Å². The predicted molar refractivity (Wildman–Crippen MR) is 57.2 cm³/mol. The zero-order chi connectivity index (χ0) is 12.9. The lowest BCUT2D eigenvalue weighted by molar-refractivity contribution is 0.404. The highest BCUT2D eigenvalue weighted by Crippen LogP contribution is 2.40. The minimum atomic E-state index is -1.58. The van der Waals surface area contributed by atoms with Crippen LogP contribution in [0.15, 0.2) is 0 Å². The van der Waals surface area contributed by atoms with Crippen LogP contribution >= 0.6 is 0 Å². The molecule has 0 aromatic carbocycles. The highest BCUT2D eigenvalue weighted by molar-refractivity contribution is 5.51. The first-order valence-corrected chi connectivity index (χ1v) is 6.04. The van der Waals surface area contributed by atoms with Gasteiger partial charge in [-0.15, -0.1) is 0 Å². The van der Waals surface area contributed by atoms with Crippen LogP contribution in [0.1, 0.15) is 25.7 Å². The normalized spacial score (nSPS) is 19.1. The van der Waals surface area contributed by atoms with Gasteiger partial charge >= 0.3 is 0 Å². The molecule has 1 heterocycles. The number of aromatic nitrogens is 1. The van der Waals surface area contributed by atoms with Crippen LogP contribution in [-0.4, -0.2) is 17.6 Å². The fraction of sp³-hybridized carbons (Fsp3) is 0.583. The van der Waals surface area contributed by atoms with E-state index in [1.165, 1.54) is 4.90 Å². The van der Waals surface area contributed by atoms with Crippen molar-refractivity contribution in [1.82, 2.24) is 4.98 Å². The molecule has 3 rings (SSSR count). The van der Waals surface area contributed by atoms with Gasteiger partial charge < -0.3 is 4.90 Å². The lowest BCUT2D eigenvalue weighted by Gasteiger charge is -2.25. The van der Waals surface area contributed by atoms with Crippen LogP contribution in [0.3, 0.4) is 0 Å². The Bertz CT molecular complexity index is 457. The highest BCUT2D eigenvalue weighted by atomic mass is 19.2. The Morgan fingerprint density at radius 1 is 0.944 bits per heavy atom. The average Bonchev–Trinajstić information content (AvgIpc) is 3.17. The van der Waals surface area contributed by atoms with Crippen molar-refractivity contribution in [3.8, 4) is 0 Å². The number of hydrogen-bond acceptors (Lipinski definition) is 2. The molecule has 18 heavy (non-hydrogen) atoms. The van der Waals surface area contributed by atoms with Crippen LogP contribution in [0.4, 0.5) is 23.2 Å². The van der Waals surface area contributed by atoms with Crippen molar-refractivity contribution in [1.29, 1.82) is 0 Å². The first-order chi connectivity index (χ1) is 8.58. The van der Waals surface area contributed by atoms with Crippen molar-refractivity contribution in [2.24, 2.45) is 5.92 Å². The Hall–Kier alpha value is -1.33. The maximum atomic E-state index is 13.7. The third kappa shape index (κ3) is 2.04. The maximum Gasteiger partial charge on any atom is 0.253 e. The molecule has 2 aliphatic rings. The van der Waals surface area contributed by atoms with Crippen LogP contribution < -0.4 is 4.90 Å². The fourth-order valence-corrected chi connectivity index (χ4v) is 2.12. The van der Waals surface area contributed by atoms with Crippen molar-refractivity contribution in [2.75, 3.05) is 11.4 Å². The quantitative estimate of drug-likeness (QED) is 0.611. The molecule has 0 atom stereocenters. The Morgan fingerprint density at radius 2 is 1.50 bits per heavy atom. The topological polar surface area (TPSA) is 16.1 Å². The van der Waals surface area contributed by atoms with E-state index >= 15 is 0 Å². The minimum Gasteiger partial charge on any atom is -0.363 e. The average molecular weight is 260 g/mol. The van der Waals surface area contributed by atoms with Crippen molar-refractivity contribution in [3.63, 3.8) is 0 Å².